The van der Waals surface area contributed by atoms with E-state index in [0.717, 1.165) is 23.1 Å². The van der Waals surface area contributed by atoms with Crippen LogP contribution >= 0.6 is 0 Å². The molecule has 0 aromatic heterocycles. The van der Waals surface area contributed by atoms with Gasteiger partial charge in [0.25, 0.3) is 0 Å². The van der Waals surface area contributed by atoms with Crippen LogP contribution in [0.15, 0.2) is 42.5 Å². The molecule has 2 N–H and O–H groups in total. The Balaban J connectivity index is 2.43. The number of benzene rings is 2. The maximum absolute atomic E-state index is 13.5. The standard InChI is InChI=1S/C18H22FN/c1-4-12(2)14-5-7-15(8-6-14)18-11-16(19)9-10-17(18)13(3)20/h5-13H,4,20H2,1-3H3. The Labute approximate surface area is 120 Å². The molecule has 0 saturated carbocycles. The van der Waals surface area contributed by atoms with Gasteiger partial charge in [0.2, 0.25) is 0 Å². The first-order valence-electron chi connectivity index (χ1n) is 7.18. The van der Waals surface area contributed by atoms with Gasteiger partial charge in [-0.25, -0.2) is 4.39 Å². The molecule has 2 rings (SSSR count). The molecular formula is C18H22FN. The van der Waals surface area contributed by atoms with Crippen molar-refractivity contribution in [1.29, 1.82) is 0 Å². The molecule has 0 spiro atoms. The van der Waals surface area contributed by atoms with Gasteiger partial charge in [-0.15, -0.1) is 0 Å². The summed E-state index contributed by atoms with van der Waals surface area (Å²) in [4.78, 5) is 0. The second kappa shape index (κ2) is 6.19. The van der Waals surface area contributed by atoms with Crippen molar-refractivity contribution < 1.29 is 4.39 Å². The zero-order chi connectivity index (χ0) is 14.7. The summed E-state index contributed by atoms with van der Waals surface area (Å²) in [6.45, 7) is 6.31. The van der Waals surface area contributed by atoms with E-state index < -0.39 is 0 Å². The van der Waals surface area contributed by atoms with Crippen LogP contribution in [-0.2, 0) is 0 Å². The molecule has 0 amide bonds. The van der Waals surface area contributed by atoms with E-state index in [2.05, 4.69) is 38.1 Å². The molecular weight excluding hydrogens is 249 g/mol. The third-order valence-electron chi connectivity index (χ3n) is 3.91. The van der Waals surface area contributed by atoms with Crippen LogP contribution in [0.5, 0.6) is 0 Å². The summed E-state index contributed by atoms with van der Waals surface area (Å²) in [7, 11) is 0. The Hall–Kier alpha value is -1.67. The van der Waals surface area contributed by atoms with Gasteiger partial charge in [-0.2, -0.15) is 0 Å². The number of halogens is 1. The quantitative estimate of drug-likeness (QED) is 0.829. The molecule has 0 aliphatic heterocycles. The highest BCUT2D eigenvalue weighted by molar-refractivity contribution is 5.68. The molecule has 2 aromatic carbocycles. The molecule has 0 aliphatic rings. The summed E-state index contributed by atoms with van der Waals surface area (Å²) in [6, 6.07) is 13.1. The van der Waals surface area contributed by atoms with Crippen LogP contribution < -0.4 is 5.73 Å². The fourth-order valence-corrected chi connectivity index (χ4v) is 2.40. The van der Waals surface area contributed by atoms with Crippen molar-refractivity contribution in [2.45, 2.75) is 39.2 Å². The first-order chi connectivity index (χ1) is 9.52. The third kappa shape index (κ3) is 3.07. The van der Waals surface area contributed by atoms with E-state index >= 15 is 0 Å². The normalized spacial score (nSPS) is 14.1. The Bertz CT molecular complexity index is 572. The van der Waals surface area contributed by atoms with Crippen LogP contribution in [0.2, 0.25) is 0 Å². The maximum atomic E-state index is 13.5. The van der Waals surface area contributed by atoms with Gasteiger partial charge in [-0.1, -0.05) is 44.2 Å². The Morgan fingerprint density at radius 2 is 1.70 bits per heavy atom. The molecule has 0 bridgehead atoms. The molecule has 1 nitrogen and oxygen atoms in total. The van der Waals surface area contributed by atoms with Gasteiger partial charge in [0.1, 0.15) is 5.82 Å². The van der Waals surface area contributed by atoms with E-state index in [1.54, 1.807) is 12.1 Å². The number of rotatable bonds is 4. The molecule has 0 radical (unpaired) electrons. The molecule has 2 heteroatoms. The summed E-state index contributed by atoms with van der Waals surface area (Å²) in [5, 5.41) is 0. The Morgan fingerprint density at radius 1 is 1.05 bits per heavy atom. The molecule has 106 valence electrons. The minimum atomic E-state index is -0.226. The number of hydrogen-bond donors (Lipinski definition) is 1. The van der Waals surface area contributed by atoms with Gasteiger partial charge in [0.05, 0.1) is 0 Å². The predicted molar refractivity (Wildman–Crippen MR) is 83.1 cm³/mol. The van der Waals surface area contributed by atoms with Crippen LogP contribution in [-0.4, -0.2) is 0 Å². The minimum absolute atomic E-state index is 0.111. The van der Waals surface area contributed by atoms with Crippen LogP contribution in [0.1, 0.15) is 50.3 Å². The van der Waals surface area contributed by atoms with Crippen molar-refractivity contribution in [2.24, 2.45) is 5.73 Å². The van der Waals surface area contributed by atoms with E-state index in [4.69, 9.17) is 5.73 Å². The minimum Gasteiger partial charge on any atom is -0.324 e. The zero-order valence-electron chi connectivity index (χ0n) is 12.4. The van der Waals surface area contributed by atoms with Crippen molar-refractivity contribution >= 4 is 0 Å². The first-order valence-corrected chi connectivity index (χ1v) is 7.18. The molecule has 0 aliphatic carbocycles. The van der Waals surface area contributed by atoms with Gasteiger partial charge in [0, 0.05) is 6.04 Å². The number of hydrogen-bond acceptors (Lipinski definition) is 1. The molecule has 0 heterocycles. The van der Waals surface area contributed by atoms with Crippen molar-refractivity contribution in [3.63, 3.8) is 0 Å². The monoisotopic (exact) mass is 271 g/mol. The van der Waals surface area contributed by atoms with E-state index in [0.29, 0.717) is 5.92 Å². The van der Waals surface area contributed by atoms with E-state index in [-0.39, 0.29) is 11.9 Å². The first kappa shape index (κ1) is 14.7. The largest absolute Gasteiger partial charge is 0.324 e. The molecule has 20 heavy (non-hydrogen) atoms. The van der Waals surface area contributed by atoms with Crippen molar-refractivity contribution in [3.05, 3.63) is 59.4 Å². The molecule has 2 atom stereocenters. The second-order valence-corrected chi connectivity index (χ2v) is 5.45. The molecule has 0 fully saturated rings. The SMILES string of the molecule is CCC(C)c1ccc(-c2cc(F)ccc2C(C)N)cc1. The fraction of sp³-hybridized carbons (Fsp3) is 0.333. The highest BCUT2D eigenvalue weighted by Crippen LogP contribution is 2.30. The van der Waals surface area contributed by atoms with E-state index in [1.807, 2.05) is 6.92 Å². The molecule has 2 unspecified atom stereocenters. The lowest BCUT2D eigenvalue weighted by Crippen LogP contribution is -2.07. The van der Waals surface area contributed by atoms with E-state index in [1.165, 1.54) is 11.6 Å². The summed E-state index contributed by atoms with van der Waals surface area (Å²) >= 11 is 0. The Kier molecular flexibility index (Phi) is 4.56. The second-order valence-electron chi connectivity index (χ2n) is 5.45. The van der Waals surface area contributed by atoms with Crippen LogP contribution in [0.25, 0.3) is 11.1 Å². The predicted octanol–water partition coefficient (Wildman–Crippen LogP) is 5.03. The van der Waals surface area contributed by atoms with Gasteiger partial charge < -0.3 is 5.73 Å². The third-order valence-corrected chi connectivity index (χ3v) is 3.91. The lowest BCUT2D eigenvalue weighted by Gasteiger charge is -2.15. The van der Waals surface area contributed by atoms with Gasteiger partial charge >= 0.3 is 0 Å². The van der Waals surface area contributed by atoms with Gasteiger partial charge in [-0.05, 0) is 53.6 Å². The zero-order valence-corrected chi connectivity index (χ0v) is 12.4. The Morgan fingerprint density at radius 3 is 2.25 bits per heavy atom. The van der Waals surface area contributed by atoms with E-state index in [9.17, 15) is 4.39 Å². The lowest BCUT2D eigenvalue weighted by molar-refractivity contribution is 0.626. The van der Waals surface area contributed by atoms with Crippen molar-refractivity contribution in [3.8, 4) is 11.1 Å². The lowest BCUT2D eigenvalue weighted by atomic mass is 9.92. The van der Waals surface area contributed by atoms with Gasteiger partial charge in [0.15, 0.2) is 0 Å². The van der Waals surface area contributed by atoms with Crippen molar-refractivity contribution in [1.82, 2.24) is 0 Å². The summed E-state index contributed by atoms with van der Waals surface area (Å²) < 4.78 is 13.5. The fourth-order valence-electron chi connectivity index (χ4n) is 2.40. The smallest absolute Gasteiger partial charge is 0.123 e. The average molecular weight is 271 g/mol. The number of nitrogens with two attached hydrogens (primary N) is 1. The summed E-state index contributed by atoms with van der Waals surface area (Å²) in [6.07, 6.45) is 1.12. The van der Waals surface area contributed by atoms with Crippen LogP contribution in [0, 0.1) is 5.82 Å². The average Bonchev–Trinajstić information content (AvgIpc) is 2.46. The maximum Gasteiger partial charge on any atom is 0.123 e. The molecule has 2 aromatic rings. The van der Waals surface area contributed by atoms with Crippen molar-refractivity contribution in [2.75, 3.05) is 0 Å². The van der Waals surface area contributed by atoms with Crippen LogP contribution in [0.4, 0.5) is 4.39 Å². The van der Waals surface area contributed by atoms with Gasteiger partial charge in [-0.3, -0.25) is 0 Å². The van der Waals surface area contributed by atoms with Crippen LogP contribution in [0.3, 0.4) is 0 Å². The highest BCUT2D eigenvalue weighted by atomic mass is 19.1. The summed E-state index contributed by atoms with van der Waals surface area (Å²) in [5.74, 6) is 0.319. The molecule has 0 saturated heterocycles. The highest BCUT2D eigenvalue weighted by Gasteiger charge is 2.11. The topological polar surface area (TPSA) is 26.0 Å². The summed E-state index contributed by atoms with van der Waals surface area (Å²) in [5.41, 5.74) is 10.2.